The van der Waals surface area contributed by atoms with Crippen LogP contribution in [0.5, 0.6) is 0 Å². The van der Waals surface area contributed by atoms with Crippen molar-refractivity contribution in [3.63, 3.8) is 0 Å². The number of hydrogen-bond acceptors (Lipinski definition) is 6. The van der Waals surface area contributed by atoms with E-state index in [1.807, 2.05) is 44.3 Å². The van der Waals surface area contributed by atoms with Gasteiger partial charge in [0.15, 0.2) is 0 Å². The molecule has 0 unspecified atom stereocenters. The average Bonchev–Trinajstić information content (AvgIpc) is 2.54. The summed E-state index contributed by atoms with van der Waals surface area (Å²) in [6.07, 6.45) is 1.38. The van der Waals surface area contributed by atoms with E-state index in [0.717, 1.165) is 21.3 Å². The van der Waals surface area contributed by atoms with Gasteiger partial charge in [-0.25, -0.2) is 14.8 Å². The molecule has 8 heteroatoms. The quantitative estimate of drug-likeness (QED) is 0.643. The molecular formula is C16H19N3O4S. The third kappa shape index (κ3) is 6.66. The summed E-state index contributed by atoms with van der Waals surface area (Å²) in [5, 5.41) is 10.5. The highest BCUT2D eigenvalue weighted by Gasteiger charge is 2.06. The highest BCUT2D eigenvalue weighted by molar-refractivity contribution is 7.99. The number of nitrogens with zero attached hydrogens (tertiary/aromatic N) is 2. The normalized spacial score (nSPS) is 9.46. The Kier molecular flexibility index (Phi) is 8.28. The molecule has 128 valence electrons. The minimum absolute atomic E-state index is 0.250. The summed E-state index contributed by atoms with van der Waals surface area (Å²) in [7, 11) is 0. The Balaban J connectivity index is 0.000000891. The standard InChI is InChI=1S/C15H17N3O2S.CH2O2/c1-4-20-15(19)18-12-5-7-13(8-6-12)21-14-10(2)9-16-11(3)17-14;2-1-3/h5-9H,4H2,1-3H3,(H,18,19);1H,(H,2,3). The lowest BCUT2D eigenvalue weighted by Gasteiger charge is -2.07. The van der Waals surface area contributed by atoms with Crippen LogP contribution >= 0.6 is 11.8 Å². The molecule has 0 aliphatic heterocycles. The summed E-state index contributed by atoms with van der Waals surface area (Å²) < 4.78 is 4.83. The lowest BCUT2D eigenvalue weighted by atomic mass is 10.3. The van der Waals surface area contributed by atoms with Gasteiger partial charge in [0.25, 0.3) is 6.47 Å². The Hall–Kier alpha value is -2.61. The van der Waals surface area contributed by atoms with Crippen molar-refractivity contribution in [3.05, 3.63) is 41.9 Å². The maximum Gasteiger partial charge on any atom is 0.411 e. The number of amides is 1. The predicted molar refractivity (Wildman–Crippen MR) is 91.4 cm³/mol. The van der Waals surface area contributed by atoms with Gasteiger partial charge < -0.3 is 9.84 Å². The summed E-state index contributed by atoms with van der Waals surface area (Å²) in [6.45, 7) is 5.73. The van der Waals surface area contributed by atoms with E-state index in [1.165, 1.54) is 0 Å². The Labute approximate surface area is 144 Å². The van der Waals surface area contributed by atoms with E-state index in [2.05, 4.69) is 15.3 Å². The number of nitrogens with one attached hydrogen (secondary N) is 1. The number of benzene rings is 1. The topological polar surface area (TPSA) is 101 Å². The molecule has 2 N–H and O–H groups in total. The molecule has 1 heterocycles. The molecule has 0 spiro atoms. The molecule has 1 amide bonds. The number of carboxylic acid groups (broad SMARTS) is 1. The predicted octanol–water partition coefficient (Wildman–Crippen LogP) is 3.51. The van der Waals surface area contributed by atoms with Crippen molar-refractivity contribution in [1.82, 2.24) is 9.97 Å². The van der Waals surface area contributed by atoms with Gasteiger partial charge in [-0.2, -0.15) is 0 Å². The fraction of sp³-hybridized carbons (Fsp3) is 0.250. The molecule has 1 aromatic carbocycles. The first kappa shape index (κ1) is 19.4. The largest absolute Gasteiger partial charge is 0.483 e. The van der Waals surface area contributed by atoms with Gasteiger partial charge in [0, 0.05) is 16.8 Å². The Morgan fingerprint density at radius 2 is 1.96 bits per heavy atom. The molecular weight excluding hydrogens is 330 g/mol. The van der Waals surface area contributed by atoms with E-state index in [0.29, 0.717) is 12.3 Å². The molecule has 0 atom stereocenters. The second-order valence-corrected chi connectivity index (χ2v) is 5.54. The zero-order chi connectivity index (χ0) is 17.9. The summed E-state index contributed by atoms with van der Waals surface area (Å²) in [5.74, 6) is 0.753. The Morgan fingerprint density at radius 3 is 2.54 bits per heavy atom. The highest BCUT2D eigenvalue weighted by Crippen LogP contribution is 2.29. The molecule has 0 aliphatic carbocycles. The molecule has 2 aromatic rings. The van der Waals surface area contributed by atoms with Crippen LogP contribution in [0.3, 0.4) is 0 Å². The number of hydrogen-bond donors (Lipinski definition) is 2. The van der Waals surface area contributed by atoms with E-state index in [1.54, 1.807) is 18.7 Å². The summed E-state index contributed by atoms with van der Waals surface area (Å²) >= 11 is 1.57. The Bertz CT molecular complexity index is 678. The number of aromatic nitrogens is 2. The van der Waals surface area contributed by atoms with Gasteiger partial charge in [0.1, 0.15) is 10.9 Å². The van der Waals surface area contributed by atoms with Crippen molar-refractivity contribution in [2.24, 2.45) is 0 Å². The fourth-order valence-corrected chi connectivity index (χ4v) is 2.50. The number of carbonyl (C=O) groups excluding carboxylic acids is 1. The minimum Gasteiger partial charge on any atom is -0.483 e. The highest BCUT2D eigenvalue weighted by atomic mass is 32.2. The van der Waals surface area contributed by atoms with E-state index in [-0.39, 0.29) is 6.47 Å². The average molecular weight is 349 g/mol. The van der Waals surface area contributed by atoms with Gasteiger partial charge in [0.05, 0.1) is 6.61 Å². The molecule has 0 bridgehead atoms. The Morgan fingerprint density at radius 1 is 1.33 bits per heavy atom. The van der Waals surface area contributed by atoms with E-state index < -0.39 is 6.09 Å². The minimum atomic E-state index is -0.444. The summed E-state index contributed by atoms with van der Waals surface area (Å²) in [5.41, 5.74) is 1.74. The third-order valence-corrected chi connectivity index (χ3v) is 3.75. The molecule has 0 fully saturated rings. The number of ether oxygens (including phenoxy) is 1. The van der Waals surface area contributed by atoms with Crippen LogP contribution in [0.2, 0.25) is 0 Å². The number of aryl methyl sites for hydroxylation is 2. The molecule has 0 saturated carbocycles. The van der Waals surface area contributed by atoms with Crippen molar-refractivity contribution >= 4 is 30.0 Å². The lowest BCUT2D eigenvalue weighted by molar-refractivity contribution is -0.122. The first-order valence-corrected chi connectivity index (χ1v) is 7.91. The van der Waals surface area contributed by atoms with Crippen LogP contribution in [-0.2, 0) is 9.53 Å². The third-order valence-electron chi connectivity index (χ3n) is 2.64. The second-order valence-electron chi connectivity index (χ2n) is 4.48. The SMILES string of the molecule is CCOC(=O)Nc1ccc(Sc2nc(C)ncc2C)cc1.O=CO. The second kappa shape index (κ2) is 10.2. The molecule has 0 aliphatic rings. The molecule has 2 rings (SSSR count). The van der Waals surface area contributed by atoms with Crippen molar-refractivity contribution in [1.29, 1.82) is 0 Å². The zero-order valence-corrected chi connectivity index (χ0v) is 14.5. The van der Waals surface area contributed by atoms with Crippen LogP contribution in [-0.4, -0.2) is 34.2 Å². The maximum absolute atomic E-state index is 11.3. The van der Waals surface area contributed by atoms with Gasteiger partial charge in [-0.3, -0.25) is 10.1 Å². The lowest BCUT2D eigenvalue weighted by Crippen LogP contribution is -2.12. The smallest absolute Gasteiger partial charge is 0.411 e. The van der Waals surface area contributed by atoms with Crippen LogP contribution in [0.1, 0.15) is 18.3 Å². The van der Waals surface area contributed by atoms with Crippen molar-refractivity contribution in [3.8, 4) is 0 Å². The number of anilines is 1. The van der Waals surface area contributed by atoms with Gasteiger partial charge in [-0.1, -0.05) is 11.8 Å². The first-order chi connectivity index (χ1) is 11.5. The van der Waals surface area contributed by atoms with Gasteiger partial charge >= 0.3 is 6.09 Å². The molecule has 0 saturated heterocycles. The van der Waals surface area contributed by atoms with E-state index in [4.69, 9.17) is 14.6 Å². The number of rotatable bonds is 4. The van der Waals surface area contributed by atoms with Gasteiger partial charge in [-0.15, -0.1) is 0 Å². The first-order valence-electron chi connectivity index (χ1n) is 7.10. The zero-order valence-electron chi connectivity index (χ0n) is 13.6. The molecule has 1 aromatic heterocycles. The van der Waals surface area contributed by atoms with Gasteiger partial charge in [0.2, 0.25) is 0 Å². The van der Waals surface area contributed by atoms with Crippen molar-refractivity contribution < 1.29 is 19.4 Å². The molecule has 24 heavy (non-hydrogen) atoms. The summed E-state index contributed by atoms with van der Waals surface area (Å²) in [4.78, 5) is 29.3. The van der Waals surface area contributed by atoms with E-state index >= 15 is 0 Å². The summed E-state index contributed by atoms with van der Waals surface area (Å²) in [6, 6.07) is 7.54. The van der Waals surface area contributed by atoms with Crippen LogP contribution in [0.15, 0.2) is 40.4 Å². The van der Waals surface area contributed by atoms with Crippen molar-refractivity contribution in [2.45, 2.75) is 30.7 Å². The van der Waals surface area contributed by atoms with E-state index in [9.17, 15) is 4.79 Å². The maximum atomic E-state index is 11.3. The van der Waals surface area contributed by atoms with Crippen LogP contribution in [0.25, 0.3) is 0 Å². The fourth-order valence-electron chi connectivity index (χ4n) is 1.62. The van der Waals surface area contributed by atoms with Crippen LogP contribution in [0, 0.1) is 13.8 Å². The molecule has 0 radical (unpaired) electrons. The van der Waals surface area contributed by atoms with Crippen molar-refractivity contribution in [2.75, 3.05) is 11.9 Å². The van der Waals surface area contributed by atoms with Crippen LogP contribution in [0.4, 0.5) is 10.5 Å². The monoisotopic (exact) mass is 349 g/mol. The molecule has 7 nitrogen and oxygen atoms in total. The number of carbonyl (C=O) groups is 2. The van der Waals surface area contributed by atoms with Crippen LogP contribution < -0.4 is 5.32 Å². The van der Waals surface area contributed by atoms with Gasteiger partial charge in [-0.05, 0) is 50.6 Å².